The third kappa shape index (κ3) is 5.33. The van der Waals surface area contributed by atoms with Crippen LogP contribution in [0.4, 0.5) is 39.5 Å². The second-order valence-electron chi connectivity index (χ2n) is 9.76. The summed E-state index contributed by atoms with van der Waals surface area (Å²) in [5.74, 6) is -3.50. The summed E-state index contributed by atoms with van der Waals surface area (Å²) in [6.07, 6.45) is -10.8. The molecule has 0 saturated heterocycles. The van der Waals surface area contributed by atoms with E-state index < -0.39 is 67.7 Å². The number of hydrogen-bond donors (Lipinski definition) is 0. The number of alkyl halides is 6. The number of benzene rings is 3. The maximum Gasteiger partial charge on any atom is 0.430 e. The molecule has 0 amide bonds. The largest absolute Gasteiger partial charge is 0.430 e. The van der Waals surface area contributed by atoms with Crippen molar-refractivity contribution in [2.45, 2.75) is 66.3 Å². The SMILES string of the molecule is O=S(=O)(c1ccc(F)cc1)C1(c2ccc(C(OCc3c(F)cccc3F)(C(F)(F)F)C(F)(F)F)cc2)CCCCC1. The van der Waals surface area contributed by atoms with Gasteiger partial charge in [-0.1, -0.05) is 49.6 Å². The summed E-state index contributed by atoms with van der Waals surface area (Å²) in [6, 6.07) is 8.81. The minimum absolute atomic E-state index is 0.0266. The van der Waals surface area contributed by atoms with Gasteiger partial charge >= 0.3 is 12.4 Å². The Bertz CT molecular complexity index is 1440. The van der Waals surface area contributed by atoms with Crippen LogP contribution in [0.1, 0.15) is 48.8 Å². The molecule has 0 unspecified atom stereocenters. The van der Waals surface area contributed by atoms with E-state index in [1.165, 1.54) is 0 Å². The minimum atomic E-state index is -6.14. The van der Waals surface area contributed by atoms with Crippen molar-refractivity contribution in [3.05, 3.63) is 101 Å². The van der Waals surface area contributed by atoms with Gasteiger partial charge in [-0.2, -0.15) is 26.3 Å². The molecular formula is C28H23F9O3S. The highest BCUT2D eigenvalue weighted by Gasteiger charge is 2.73. The molecule has 222 valence electrons. The Kier molecular flexibility index (Phi) is 8.27. The monoisotopic (exact) mass is 610 g/mol. The maximum atomic E-state index is 14.3. The van der Waals surface area contributed by atoms with Gasteiger partial charge in [0.2, 0.25) is 0 Å². The summed E-state index contributed by atoms with van der Waals surface area (Å²) < 4.78 is 157. The van der Waals surface area contributed by atoms with Crippen molar-refractivity contribution in [3.63, 3.8) is 0 Å². The molecule has 0 N–H and O–H groups in total. The van der Waals surface area contributed by atoms with E-state index >= 15 is 0 Å². The summed E-state index contributed by atoms with van der Waals surface area (Å²) in [6.45, 7) is -1.71. The van der Waals surface area contributed by atoms with Crippen molar-refractivity contribution in [2.24, 2.45) is 0 Å². The van der Waals surface area contributed by atoms with Crippen LogP contribution < -0.4 is 0 Å². The van der Waals surface area contributed by atoms with Crippen molar-refractivity contribution in [1.29, 1.82) is 0 Å². The maximum absolute atomic E-state index is 14.3. The lowest BCUT2D eigenvalue weighted by Gasteiger charge is -2.39. The number of rotatable bonds is 7. The number of hydrogen-bond acceptors (Lipinski definition) is 3. The Labute approximate surface area is 229 Å². The topological polar surface area (TPSA) is 43.4 Å². The highest BCUT2D eigenvalue weighted by Crippen LogP contribution is 2.54. The van der Waals surface area contributed by atoms with Crippen molar-refractivity contribution in [3.8, 4) is 0 Å². The quantitative estimate of drug-likeness (QED) is 0.200. The Balaban J connectivity index is 1.83. The zero-order chi connectivity index (χ0) is 30.3. The van der Waals surface area contributed by atoms with Gasteiger partial charge in [0.1, 0.15) is 22.2 Å². The number of ether oxygens (including phenoxy) is 1. The van der Waals surface area contributed by atoms with E-state index in [9.17, 15) is 47.9 Å². The molecule has 0 atom stereocenters. The fourth-order valence-corrected chi connectivity index (χ4v) is 7.49. The standard InChI is InChI=1S/C28H23F9O3S/c29-20-11-13-21(14-12-20)41(38,39)25(15-2-1-3-16-25)18-7-9-19(10-8-18)26(27(32,33)34,28(35,36)37)40-17-22-23(30)5-4-6-24(22)31/h4-14H,1-3,15-17H2. The van der Waals surface area contributed by atoms with Crippen LogP contribution in [0.25, 0.3) is 0 Å². The fraction of sp³-hybridized carbons (Fsp3) is 0.357. The first-order valence-electron chi connectivity index (χ1n) is 12.4. The van der Waals surface area contributed by atoms with E-state index in [0.717, 1.165) is 42.5 Å². The Morgan fingerprint density at radius 1 is 0.707 bits per heavy atom. The molecule has 0 radical (unpaired) electrons. The van der Waals surface area contributed by atoms with Crippen LogP contribution in [0.3, 0.4) is 0 Å². The van der Waals surface area contributed by atoms with Crippen molar-refractivity contribution < 1.29 is 52.7 Å². The third-order valence-corrected chi connectivity index (χ3v) is 9.98. The van der Waals surface area contributed by atoms with Gasteiger partial charge in [0.05, 0.1) is 11.5 Å². The van der Waals surface area contributed by atoms with Crippen LogP contribution in [0.2, 0.25) is 0 Å². The second kappa shape index (κ2) is 11.0. The van der Waals surface area contributed by atoms with Gasteiger partial charge in [0.15, 0.2) is 9.84 Å². The first-order valence-corrected chi connectivity index (χ1v) is 13.9. The van der Waals surface area contributed by atoms with Crippen LogP contribution in [0, 0.1) is 17.5 Å². The van der Waals surface area contributed by atoms with Gasteiger partial charge in [0.25, 0.3) is 5.60 Å². The molecule has 1 aliphatic carbocycles. The van der Waals surface area contributed by atoms with E-state index in [4.69, 9.17) is 0 Å². The zero-order valence-electron chi connectivity index (χ0n) is 21.1. The van der Waals surface area contributed by atoms with E-state index in [1.807, 2.05) is 0 Å². The molecular weight excluding hydrogens is 587 g/mol. The fourth-order valence-electron chi connectivity index (χ4n) is 5.27. The molecule has 1 fully saturated rings. The van der Waals surface area contributed by atoms with Crippen molar-refractivity contribution >= 4 is 9.84 Å². The third-order valence-electron chi connectivity index (χ3n) is 7.41. The van der Waals surface area contributed by atoms with E-state index in [-0.39, 0.29) is 23.3 Å². The van der Waals surface area contributed by atoms with Gasteiger partial charge in [-0.3, -0.25) is 0 Å². The van der Waals surface area contributed by atoms with Crippen LogP contribution in [-0.4, -0.2) is 20.8 Å². The lowest BCUT2D eigenvalue weighted by Crippen LogP contribution is -2.56. The minimum Gasteiger partial charge on any atom is -0.349 e. The summed E-state index contributed by atoms with van der Waals surface area (Å²) in [5, 5.41) is 0. The van der Waals surface area contributed by atoms with Crippen molar-refractivity contribution in [1.82, 2.24) is 0 Å². The molecule has 41 heavy (non-hydrogen) atoms. The summed E-state index contributed by atoms with van der Waals surface area (Å²) in [7, 11) is -4.28. The van der Waals surface area contributed by atoms with Gasteiger partial charge in [0, 0.05) is 11.1 Å². The van der Waals surface area contributed by atoms with Gasteiger partial charge < -0.3 is 4.74 Å². The number of halogens is 9. The van der Waals surface area contributed by atoms with Gasteiger partial charge in [-0.25, -0.2) is 21.6 Å². The molecule has 0 spiro atoms. The van der Waals surface area contributed by atoms with Crippen LogP contribution >= 0.6 is 0 Å². The van der Waals surface area contributed by atoms with Crippen molar-refractivity contribution in [2.75, 3.05) is 0 Å². The van der Waals surface area contributed by atoms with Crippen LogP contribution in [-0.2, 0) is 31.5 Å². The molecule has 13 heteroatoms. The molecule has 0 aliphatic heterocycles. The Morgan fingerprint density at radius 3 is 1.71 bits per heavy atom. The average molecular weight is 611 g/mol. The van der Waals surface area contributed by atoms with E-state index in [0.29, 0.717) is 43.5 Å². The molecule has 1 aliphatic rings. The first-order chi connectivity index (χ1) is 19.1. The normalized spacial score (nSPS) is 16.5. The van der Waals surface area contributed by atoms with Gasteiger partial charge in [-0.15, -0.1) is 0 Å². The molecule has 3 nitrogen and oxygen atoms in total. The lowest BCUT2D eigenvalue weighted by atomic mass is 9.81. The average Bonchev–Trinajstić information content (AvgIpc) is 2.90. The zero-order valence-corrected chi connectivity index (χ0v) is 21.9. The Hall–Kier alpha value is -3.06. The molecule has 3 aromatic rings. The predicted octanol–water partition coefficient (Wildman–Crippen LogP) is 8.27. The lowest BCUT2D eigenvalue weighted by molar-refractivity contribution is -0.392. The number of sulfone groups is 1. The van der Waals surface area contributed by atoms with Crippen LogP contribution in [0.5, 0.6) is 0 Å². The Morgan fingerprint density at radius 2 is 1.22 bits per heavy atom. The summed E-state index contributed by atoms with van der Waals surface area (Å²) in [5.41, 5.74) is -7.64. The second-order valence-corrected chi connectivity index (χ2v) is 12.0. The molecule has 1 saturated carbocycles. The summed E-state index contributed by atoms with van der Waals surface area (Å²) >= 11 is 0. The van der Waals surface area contributed by atoms with E-state index in [1.54, 1.807) is 0 Å². The highest BCUT2D eigenvalue weighted by molar-refractivity contribution is 7.92. The molecule has 0 heterocycles. The van der Waals surface area contributed by atoms with Crippen LogP contribution in [0.15, 0.2) is 71.6 Å². The highest BCUT2D eigenvalue weighted by atomic mass is 32.2. The molecule has 3 aromatic carbocycles. The smallest absolute Gasteiger partial charge is 0.349 e. The van der Waals surface area contributed by atoms with E-state index in [2.05, 4.69) is 4.74 Å². The molecule has 4 rings (SSSR count). The first kappa shape index (κ1) is 30.9. The molecule has 0 aromatic heterocycles. The molecule has 0 bridgehead atoms. The van der Waals surface area contributed by atoms with Gasteiger partial charge in [-0.05, 0) is 54.8 Å². The predicted molar refractivity (Wildman–Crippen MR) is 130 cm³/mol. The summed E-state index contributed by atoms with van der Waals surface area (Å²) in [4.78, 5) is -0.250.